The van der Waals surface area contributed by atoms with Crippen LogP contribution in [0.3, 0.4) is 0 Å². The van der Waals surface area contributed by atoms with Crippen LogP contribution in [0.4, 0.5) is 17.1 Å². The molecule has 10 aromatic rings. The molecule has 0 aliphatic rings. The normalized spacial score (nSPS) is 11.8. The average molecular weight is 628 g/mol. The van der Waals surface area contributed by atoms with E-state index in [-0.39, 0.29) is 0 Å². The highest BCUT2D eigenvalue weighted by Crippen LogP contribution is 2.48. The highest BCUT2D eigenvalue weighted by molar-refractivity contribution is 7.26. The Bertz CT molecular complexity index is 2830. The third-order valence-corrected chi connectivity index (χ3v) is 10.9. The largest absolute Gasteiger partial charge is 0.309 e. The molecular formula is C46H29NS. The lowest BCUT2D eigenvalue weighted by atomic mass is 9.93. The lowest BCUT2D eigenvalue weighted by Gasteiger charge is -2.30. The number of hydrogen-bond donors (Lipinski definition) is 0. The van der Waals surface area contributed by atoms with Crippen LogP contribution in [0.2, 0.25) is 0 Å². The first kappa shape index (κ1) is 27.2. The fraction of sp³-hybridized carbons (Fsp3) is 0. The predicted molar refractivity (Wildman–Crippen MR) is 209 cm³/mol. The molecule has 0 spiro atoms. The van der Waals surface area contributed by atoms with E-state index in [1.54, 1.807) is 0 Å². The molecule has 9 aromatic carbocycles. The highest BCUT2D eigenvalue weighted by atomic mass is 32.1. The van der Waals surface area contributed by atoms with Crippen molar-refractivity contribution >= 4 is 91.7 Å². The van der Waals surface area contributed by atoms with E-state index in [1.165, 1.54) is 80.1 Å². The van der Waals surface area contributed by atoms with E-state index in [4.69, 9.17) is 0 Å². The number of hydrogen-bond acceptors (Lipinski definition) is 2. The monoisotopic (exact) mass is 627 g/mol. The van der Waals surface area contributed by atoms with Crippen LogP contribution >= 0.6 is 11.3 Å². The van der Waals surface area contributed by atoms with Gasteiger partial charge in [0.1, 0.15) is 0 Å². The minimum Gasteiger partial charge on any atom is -0.309 e. The fourth-order valence-electron chi connectivity index (χ4n) is 7.64. The van der Waals surface area contributed by atoms with Crippen LogP contribution in [0, 0.1) is 0 Å². The van der Waals surface area contributed by atoms with Gasteiger partial charge < -0.3 is 4.90 Å². The molecule has 0 radical (unpaired) electrons. The van der Waals surface area contributed by atoms with Gasteiger partial charge in [0.2, 0.25) is 0 Å². The number of benzene rings is 9. The van der Waals surface area contributed by atoms with Crippen LogP contribution in [0.1, 0.15) is 0 Å². The quantitative estimate of drug-likeness (QED) is 0.176. The molecule has 1 heterocycles. The Labute approximate surface area is 282 Å². The van der Waals surface area contributed by atoms with Crippen molar-refractivity contribution in [3.05, 3.63) is 176 Å². The van der Waals surface area contributed by atoms with Crippen molar-refractivity contribution in [1.82, 2.24) is 0 Å². The smallest absolute Gasteiger partial charge is 0.0546 e. The Hall–Kier alpha value is -5.96. The summed E-state index contributed by atoms with van der Waals surface area (Å²) in [5.41, 5.74) is 5.84. The summed E-state index contributed by atoms with van der Waals surface area (Å²) in [5.74, 6) is 0. The summed E-state index contributed by atoms with van der Waals surface area (Å²) in [7, 11) is 0. The Morgan fingerprint density at radius 1 is 0.354 bits per heavy atom. The Morgan fingerprint density at radius 2 is 1.00 bits per heavy atom. The molecule has 0 unspecified atom stereocenters. The summed E-state index contributed by atoms with van der Waals surface area (Å²) in [4.78, 5) is 2.50. The molecule has 1 nitrogen and oxygen atoms in total. The molecular weight excluding hydrogens is 599 g/mol. The van der Waals surface area contributed by atoms with Crippen molar-refractivity contribution in [1.29, 1.82) is 0 Å². The third-order valence-electron chi connectivity index (χ3n) is 9.80. The van der Waals surface area contributed by atoms with Gasteiger partial charge in [0, 0.05) is 36.8 Å². The zero-order valence-corrected chi connectivity index (χ0v) is 26.9. The summed E-state index contributed by atoms with van der Waals surface area (Å²) in [6, 6.07) is 64.6. The second-order valence-electron chi connectivity index (χ2n) is 12.5. The van der Waals surface area contributed by atoms with Crippen molar-refractivity contribution in [2.75, 3.05) is 4.90 Å². The number of anilines is 3. The molecule has 0 saturated heterocycles. The Kier molecular flexibility index (Phi) is 6.12. The Balaban J connectivity index is 1.35. The predicted octanol–water partition coefficient (Wildman–Crippen LogP) is 13.8. The van der Waals surface area contributed by atoms with E-state index in [0.29, 0.717) is 0 Å². The molecule has 0 saturated carbocycles. The zero-order valence-electron chi connectivity index (χ0n) is 26.1. The van der Waals surface area contributed by atoms with Crippen LogP contribution in [0.5, 0.6) is 0 Å². The van der Waals surface area contributed by atoms with Crippen molar-refractivity contribution in [2.24, 2.45) is 0 Å². The van der Waals surface area contributed by atoms with Gasteiger partial charge in [0.05, 0.1) is 11.4 Å². The molecule has 0 N–H and O–H groups in total. The second kappa shape index (κ2) is 10.8. The van der Waals surface area contributed by atoms with Gasteiger partial charge in [0.25, 0.3) is 0 Å². The minimum absolute atomic E-state index is 1.14. The van der Waals surface area contributed by atoms with Crippen LogP contribution in [-0.4, -0.2) is 0 Å². The van der Waals surface area contributed by atoms with Gasteiger partial charge in [0.15, 0.2) is 0 Å². The van der Waals surface area contributed by atoms with Crippen molar-refractivity contribution < 1.29 is 0 Å². The molecule has 10 rings (SSSR count). The number of thiophene rings is 1. The van der Waals surface area contributed by atoms with Crippen molar-refractivity contribution in [2.45, 2.75) is 0 Å². The average Bonchev–Trinajstić information content (AvgIpc) is 3.55. The number of nitrogens with zero attached hydrogens (tertiary/aromatic N) is 1. The fourth-order valence-corrected chi connectivity index (χ4v) is 8.77. The standard InChI is InChI=1S/C46H29NS/c1-2-12-30(13-3-1)35-16-8-10-20-41(35)47(34-25-22-32-24-27-44-46(40(32)29-34)39-19-9-11-21-43(39)48-44)42-28-33-15-5-7-18-37(33)45-36-17-6-4-14-31(36)23-26-38(42)45/h1-29H. The molecule has 0 amide bonds. The summed E-state index contributed by atoms with van der Waals surface area (Å²) in [6.45, 7) is 0. The van der Waals surface area contributed by atoms with Gasteiger partial charge in [-0.15, -0.1) is 11.3 Å². The molecule has 2 heteroatoms. The third kappa shape index (κ3) is 4.17. The SMILES string of the molecule is c1ccc(-c2ccccc2N(c2ccc3ccc4sc5ccccc5c4c3c2)c2cc3ccccc3c3c2ccc2ccccc23)cc1. The van der Waals surface area contributed by atoms with Gasteiger partial charge in [-0.3, -0.25) is 0 Å². The van der Waals surface area contributed by atoms with E-state index in [9.17, 15) is 0 Å². The maximum atomic E-state index is 2.50. The number of para-hydroxylation sites is 1. The van der Waals surface area contributed by atoms with Gasteiger partial charge >= 0.3 is 0 Å². The first-order valence-electron chi connectivity index (χ1n) is 16.4. The van der Waals surface area contributed by atoms with Gasteiger partial charge in [-0.1, -0.05) is 140 Å². The molecule has 1 aromatic heterocycles. The summed E-state index contributed by atoms with van der Waals surface area (Å²) in [5, 5.41) is 12.7. The molecule has 0 fully saturated rings. The van der Waals surface area contributed by atoms with E-state index in [1.807, 2.05) is 11.3 Å². The summed E-state index contributed by atoms with van der Waals surface area (Å²) in [6.07, 6.45) is 0. The second-order valence-corrected chi connectivity index (χ2v) is 13.6. The van der Waals surface area contributed by atoms with Crippen LogP contribution < -0.4 is 4.90 Å². The van der Waals surface area contributed by atoms with E-state index in [0.717, 1.165) is 11.4 Å². The summed E-state index contributed by atoms with van der Waals surface area (Å²) < 4.78 is 2.64. The zero-order chi connectivity index (χ0) is 31.6. The first-order valence-corrected chi connectivity index (χ1v) is 17.3. The summed E-state index contributed by atoms with van der Waals surface area (Å²) >= 11 is 1.87. The van der Waals surface area contributed by atoms with E-state index >= 15 is 0 Å². The van der Waals surface area contributed by atoms with Crippen LogP contribution in [0.15, 0.2) is 176 Å². The van der Waals surface area contributed by atoms with Gasteiger partial charge in [-0.25, -0.2) is 0 Å². The van der Waals surface area contributed by atoms with Crippen molar-refractivity contribution in [3.63, 3.8) is 0 Å². The highest BCUT2D eigenvalue weighted by Gasteiger charge is 2.22. The van der Waals surface area contributed by atoms with E-state index in [2.05, 4.69) is 181 Å². The topological polar surface area (TPSA) is 3.24 Å². The maximum Gasteiger partial charge on any atom is 0.0546 e. The van der Waals surface area contributed by atoms with Crippen LogP contribution in [0.25, 0.3) is 74.4 Å². The van der Waals surface area contributed by atoms with Crippen LogP contribution in [-0.2, 0) is 0 Å². The molecule has 224 valence electrons. The number of rotatable bonds is 4. The lowest BCUT2D eigenvalue weighted by Crippen LogP contribution is -2.12. The lowest BCUT2D eigenvalue weighted by molar-refractivity contribution is 1.31. The molecule has 0 atom stereocenters. The molecule has 48 heavy (non-hydrogen) atoms. The molecule has 0 aliphatic heterocycles. The maximum absolute atomic E-state index is 2.50. The van der Waals surface area contributed by atoms with Crippen molar-refractivity contribution in [3.8, 4) is 11.1 Å². The molecule has 0 bridgehead atoms. The van der Waals surface area contributed by atoms with E-state index < -0.39 is 0 Å². The minimum atomic E-state index is 1.14. The van der Waals surface area contributed by atoms with Gasteiger partial charge in [-0.05, 0) is 79.7 Å². The Morgan fingerprint density at radius 3 is 1.88 bits per heavy atom. The first-order chi connectivity index (χ1) is 23.8. The van der Waals surface area contributed by atoms with Gasteiger partial charge in [-0.2, -0.15) is 0 Å². The number of fused-ring (bicyclic) bond motifs is 10. The molecule has 0 aliphatic carbocycles.